The standard InChI is InChI=1S/C10H12I2N2O2/c1-14-10(16)8(13)4-5-2-6(11)9(15)7(12)3-5/h2-3,8,15H,4,13H2,1H3,(H,14,16)/t8-/m0/s1. The molecule has 0 saturated heterocycles. The fourth-order valence-corrected chi connectivity index (χ4v) is 3.16. The molecule has 0 heterocycles. The Morgan fingerprint density at radius 2 is 2.00 bits per heavy atom. The molecule has 0 fully saturated rings. The number of amides is 1. The van der Waals surface area contributed by atoms with Gasteiger partial charge in [0, 0.05) is 7.05 Å². The fraction of sp³-hybridized carbons (Fsp3) is 0.300. The third-order valence-corrected chi connectivity index (χ3v) is 3.76. The van der Waals surface area contributed by atoms with Gasteiger partial charge < -0.3 is 16.2 Å². The highest BCUT2D eigenvalue weighted by Crippen LogP contribution is 2.27. The molecule has 0 aliphatic carbocycles. The lowest BCUT2D eigenvalue weighted by Gasteiger charge is -2.11. The molecule has 88 valence electrons. The summed E-state index contributed by atoms with van der Waals surface area (Å²) in [5.74, 6) is 0.0940. The third kappa shape index (κ3) is 3.45. The Morgan fingerprint density at radius 1 is 1.50 bits per heavy atom. The zero-order valence-corrected chi connectivity index (χ0v) is 12.9. The summed E-state index contributed by atoms with van der Waals surface area (Å²) < 4.78 is 1.53. The minimum absolute atomic E-state index is 0.182. The average Bonchev–Trinajstić information content (AvgIpc) is 2.24. The largest absolute Gasteiger partial charge is 0.506 e. The Hall–Kier alpha value is -0.0900. The second kappa shape index (κ2) is 6.01. The first-order chi connectivity index (χ1) is 7.45. The van der Waals surface area contributed by atoms with Crippen LogP contribution in [-0.2, 0) is 11.2 Å². The second-order valence-electron chi connectivity index (χ2n) is 3.33. The Balaban J connectivity index is 2.86. The summed E-state index contributed by atoms with van der Waals surface area (Å²) in [6, 6.07) is 3.11. The van der Waals surface area contributed by atoms with Gasteiger partial charge in [-0.3, -0.25) is 4.79 Å². The number of phenols is 1. The Morgan fingerprint density at radius 3 is 2.44 bits per heavy atom. The summed E-state index contributed by atoms with van der Waals surface area (Å²) in [6.45, 7) is 0. The second-order valence-corrected chi connectivity index (χ2v) is 5.66. The maximum atomic E-state index is 11.3. The summed E-state index contributed by atoms with van der Waals surface area (Å²) in [7, 11) is 1.56. The molecule has 0 spiro atoms. The van der Waals surface area contributed by atoms with Crippen molar-refractivity contribution in [2.75, 3.05) is 7.05 Å². The fourth-order valence-electron chi connectivity index (χ4n) is 1.27. The normalized spacial score (nSPS) is 12.2. The van der Waals surface area contributed by atoms with E-state index in [0.717, 1.165) is 12.7 Å². The highest BCUT2D eigenvalue weighted by molar-refractivity contribution is 14.1. The molecule has 0 aromatic heterocycles. The molecule has 4 N–H and O–H groups in total. The molecule has 0 aliphatic rings. The summed E-state index contributed by atoms with van der Waals surface area (Å²) in [5.41, 5.74) is 6.67. The first-order valence-corrected chi connectivity index (χ1v) is 6.75. The third-order valence-electron chi connectivity index (χ3n) is 2.12. The Kier molecular flexibility index (Phi) is 5.25. The van der Waals surface area contributed by atoms with Gasteiger partial charge >= 0.3 is 0 Å². The van der Waals surface area contributed by atoms with Crippen LogP contribution in [0.4, 0.5) is 0 Å². The molecule has 4 nitrogen and oxygen atoms in total. The van der Waals surface area contributed by atoms with E-state index in [2.05, 4.69) is 50.5 Å². The number of carbonyl (C=O) groups is 1. The van der Waals surface area contributed by atoms with E-state index in [4.69, 9.17) is 5.73 Å². The number of phenolic OH excluding ortho intramolecular Hbond substituents is 1. The number of hydrogen-bond acceptors (Lipinski definition) is 3. The lowest BCUT2D eigenvalue weighted by Crippen LogP contribution is -2.40. The zero-order valence-electron chi connectivity index (χ0n) is 8.63. The molecular formula is C10H12I2N2O2. The number of nitrogens with one attached hydrogen (secondary N) is 1. The molecule has 0 radical (unpaired) electrons. The molecule has 0 unspecified atom stereocenters. The van der Waals surface area contributed by atoms with Gasteiger partial charge in [0.25, 0.3) is 0 Å². The van der Waals surface area contributed by atoms with Crippen molar-refractivity contribution in [1.82, 2.24) is 5.32 Å². The van der Waals surface area contributed by atoms with Crippen LogP contribution < -0.4 is 11.1 Å². The van der Waals surface area contributed by atoms with E-state index in [1.54, 1.807) is 7.05 Å². The number of aromatic hydroxyl groups is 1. The van der Waals surface area contributed by atoms with E-state index < -0.39 is 6.04 Å². The number of likely N-dealkylation sites (N-methyl/N-ethyl adjacent to an activating group) is 1. The molecule has 0 aliphatic heterocycles. The van der Waals surface area contributed by atoms with Gasteiger partial charge in [-0.15, -0.1) is 0 Å². The van der Waals surface area contributed by atoms with Crippen LogP contribution in [0.3, 0.4) is 0 Å². The van der Waals surface area contributed by atoms with Crippen molar-refractivity contribution in [3.63, 3.8) is 0 Å². The van der Waals surface area contributed by atoms with Crippen LogP contribution in [0, 0.1) is 7.14 Å². The van der Waals surface area contributed by atoms with Crippen LogP contribution in [0.2, 0.25) is 0 Å². The predicted molar refractivity (Wildman–Crippen MR) is 79.3 cm³/mol. The lowest BCUT2D eigenvalue weighted by molar-refractivity contribution is -0.121. The lowest BCUT2D eigenvalue weighted by atomic mass is 10.1. The summed E-state index contributed by atoms with van der Waals surface area (Å²) >= 11 is 4.11. The number of carbonyl (C=O) groups excluding carboxylic acids is 1. The summed E-state index contributed by atoms with van der Waals surface area (Å²) in [5, 5.41) is 12.1. The van der Waals surface area contributed by atoms with Crippen molar-refractivity contribution in [3.8, 4) is 5.75 Å². The van der Waals surface area contributed by atoms with E-state index in [0.29, 0.717) is 6.42 Å². The van der Waals surface area contributed by atoms with Crippen molar-refractivity contribution >= 4 is 51.1 Å². The molecule has 1 amide bonds. The minimum Gasteiger partial charge on any atom is -0.506 e. The first kappa shape index (κ1) is 14.0. The van der Waals surface area contributed by atoms with Crippen molar-refractivity contribution in [3.05, 3.63) is 24.8 Å². The number of halogens is 2. The molecule has 6 heteroatoms. The molecule has 16 heavy (non-hydrogen) atoms. The van der Waals surface area contributed by atoms with Gasteiger partial charge in [-0.25, -0.2) is 0 Å². The SMILES string of the molecule is CNC(=O)[C@@H](N)Cc1cc(I)c(O)c(I)c1. The maximum absolute atomic E-state index is 11.3. The van der Waals surface area contributed by atoms with E-state index in [-0.39, 0.29) is 11.7 Å². The Bertz CT molecular complexity index is 387. The molecule has 0 bridgehead atoms. The number of benzene rings is 1. The van der Waals surface area contributed by atoms with E-state index >= 15 is 0 Å². The van der Waals surface area contributed by atoms with Gasteiger partial charge in [-0.2, -0.15) is 0 Å². The predicted octanol–water partition coefficient (Wildman–Crippen LogP) is 1.22. The summed E-state index contributed by atoms with van der Waals surface area (Å²) in [6.07, 6.45) is 0.464. The van der Waals surface area contributed by atoms with Crippen LogP contribution in [-0.4, -0.2) is 24.1 Å². The highest BCUT2D eigenvalue weighted by atomic mass is 127. The molecular weight excluding hydrogens is 434 g/mol. The maximum Gasteiger partial charge on any atom is 0.237 e. The van der Waals surface area contributed by atoms with Crippen LogP contribution in [0.15, 0.2) is 12.1 Å². The Labute approximate surface area is 121 Å². The van der Waals surface area contributed by atoms with Crippen LogP contribution in [0.1, 0.15) is 5.56 Å². The van der Waals surface area contributed by atoms with Crippen LogP contribution in [0.25, 0.3) is 0 Å². The molecule has 0 saturated carbocycles. The van der Waals surface area contributed by atoms with Gasteiger partial charge in [0.15, 0.2) is 0 Å². The average molecular weight is 446 g/mol. The molecule has 1 rings (SSSR count). The van der Waals surface area contributed by atoms with E-state index in [1.165, 1.54) is 0 Å². The van der Waals surface area contributed by atoms with Gasteiger partial charge in [0.2, 0.25) is 5.91 Å². The summed E-state index contributed by atoms with van der Waals surface area (Å²) in [4.78, 5) is 11.3. The van der Waals surface area contributed by atoms with Gasteiger partial charge in [-0.1, -0.05) is 0 Å². The van der Waals surface area contributed by atoms with Gasteiger partial charge in [0.1, 0.15) is 5.75 Å². The minimum atomic E-state index is -0.554. The van der Waals surface area contributed by atoms with Gasteiger partial charge in [-0.05, 0) is 69.3 Å². The van der Waals surface area contributed by atoms with Crippen molar-refractivity contribution in [2.45, 2.75) is 12.5 Å². The molecule has 1 aromatic carbocycles. The number of rotatable bonds is 3. The smallest absolute Gasteiger partial charge is 0.237 e. The zero-order chi connectivity index (χ0) is 12.3. The molecule has 1 aromatic rings. The molecule has 1 atom stereocenters. The van der Waals surface area contributed by atoms with Crippen molar-refractivity contribution < 1.29 is 9.90 Å². The highest BCUT2D eigenvalue weighted by Gasteiger charge is 2.14. The first-order valence-electron chi connectivity index (χ1n) is 4.59. The van der Waals surface area contributed by atoms with Crippen LogP contribution >= 0.6 is 45.2 Å². The van der Waals surface area contributed by atoms with Crippen molar-refractivity contribution in [2.24, 2.45) is 5.73 Å². The van der Waals surface area contributed by atoms with Crippen LogP contribution in [0.5, 0.6) is 5.75 Å². The monoisotopic (exact) mass is 446 g/mol. The topological polar surface area (TPSA) is 75.4 Å². The quantitative estimate of drug-likeness (QED) is 0.612. The van der Waals surface area contributed by atoms with E-state index in [1.807, 2.05) is 12.1 Å². The van der Waals surface area contributed by atoms with Gasteiger partial charge in [0.05, 0.1) is 13.2 Å². The number of nitrogens with two attached hydrogens (primary N) is 1. The van der Waals surface area contributed by atoms with Crippen molar-refractivity contribution in [1.29, 1.82) is 0 Å². The van der Waals surface area contributed by atoms with E-state index in [9.17, 15) is 9.90 Å². The number of hydrogen-bond donors (Lipinski definition) is 3.